The van der Waals surface area contributed by atoms with E-state index in [0.29, 0.717) is 29.0 Å². The number of hydrogen-bond donors (Lipinski definition) is 0. The first-order valence-electron chi connectivity index (χ1n) is 15.8. The minimum Gasteiger partial charge on any atom is -0.449 e. The van der Waals surface area contributed by atoms with Gasteiger partial charge in [-0.15, -0.1) is 0 Å². The summed E-state index contributed by atoms with van der Waals surface area (Å²) in [5, 5.41) is 0. The van der Waals surface area contributed by atoms with Crippen molar-refractivity contribution < 1.29 is 9.47 Å². The van der Waals surface area contributed by atoms with Gasteiger partial charge in [0, 0.05) is 33.2 Å². The second-order valence-corrected chi connectivity index (χ2v) is 12.4. The maximum absolute atomic E-state index is 6.89. The van der Waals surface area contributed by atoms with Crippen LogP contribution in [0.3, 0.4) is 0 Å². The average molecular weight is 608 g/mol. The lowest BCUT2D eigenvalue weighted by atomic mass is 9.82. The van der Waals surface area contributed by atoms with E-state index in [4.69, 9.17) is 24.4 Å². The van der Waals surface area contributed by atoms with Gasteiger partial charge in [-0.1, -0.05) is 135 Å². The molecule has 0 bridgehead atoms. The van der Waals surface area contributed by atoms with Crippen LogP contribution in [0.25, 0.3) is 56.4 Å². The summed E-state index contributed by atoms with van der Waals surface area (Å²) in [5.74, 6) is 4.71. The molecule has 224 valence electrons. The van der Waals surface area contributed by atoms with Gasteiger partial charge in [0.2, 0.25) is 0 Å². The third-order valence-electron chi connectivity index (χ3n) is 9.20. The molecule has 0 amide bonds. The Labute approximate surface area is 273 Å². The second-order valence-electron chi connectivity index (χ2n) is 12.4. The number of para-hydroxylation sites is 1. The van der Waals surface area contributed by atoms with E-state index in [9.17, 15) is 0 Å². The summed E-state index contributed by atoms with van der Waals surface area (Å²) in [7, 11) is 0. The predicted octanol–water partition coefficient (Wildman–Crippen LogP) is 10.7. The molecule has 5 nitrogen and oxygen atoms in total. The molecule has 47 heavy (non-hydrogen) atoms. The van der Waals surface area contributed by atoms with E-state index >= 15 is 0 Å². The van der Waals surface area contributed by atoms with Crippen molar-refractivity contribution in [2.75, 3.05) is 0 Å². The first-order chi connectivity index (χ1) is 23.0. The zero-order chi connectivity index (χ0) is 31.5. The lowest BCUT2D eigenvalue weighted by Crippen LogP contribution is -2.15. The van der Waals surface area contributed by atoms with E-state index in [1.165, 1.54) is 16.7 Å². The fourth-order valence-electron chi connectivity index (χ4n) is 6.84. The molecule has 0 fully saturated rings. The van der Waals surface area contributed by atoms with Crippen molar-refractivity contribution in [3.05, 3.63) is 151 Å². The zero-order valence-electron chi connectivity index (χ0n) is 25.9. The summed E-state index contributed by atoms with van der Waals surface area (Å²) in [6, 6.07) is 47.2. The van der Waals surface area contributed by atoms with E-state index in [1.807, 2.05) is 91.0 Å². The fourth-order valence-corrected chi connectivity index (χ4v) is 6.84. The molecular formula is C42H29N3O2. The molecule has 6 aromatic carbocycles. The van der Waals surface area contributed by atoms with Gasteiger partial charge in [-0.3, -0.25) is 0 Å². The van der Waals surface area contributed by atoms with Gasteiger partial charge in [0.1, 0.15) is 0 Å². The van der Waals surface area contributed by atoms with Crippen LogP contribution in [0, 0.1) is 0 Å². The SMILES string of the molecule is CC1(C)c2ccccc2-c2c1ccc1c2Oc2c(cccc2-c2cccc(-c3nc(-c4ccccc4)nc(-c4ccccc4)n3)c2)O1. The highest BCUT2D eigenvalue weighted by atomic mass is 16.6. The highest BCUT2D eigenvalue weighted by molar-refractivity contribution is 5.89. The molecule has 9 rings (SSSR count). The summed E-state index contributed by atoms with van der Waals surface area (Å²) in [4.78, 5) is 14.7. The number of nitrogens with zero attached hydrogens (tertiary/aromatic N) is 3. The van der Waals surface area contributed by atoms with Crippen LogP contribution in [0.2, 0.25) is 0 Å². The van der Waals surface area contributed by atoms with Crippen molar-refractivity contribution in [2.24, 2.45) is 0 Å². The van der Waals surface area contributed by atoms with Gasteiger partial charge in [-0.25, -0.2) is 15.0 Å². The second kappa shape index (κ2) is 10.5. The van der Waals surface area contributed by atoms with Crippen molar-refractivity contribution in [3.63, 3.8) is 0 Å². The number of fused-ring (bicyclic) bond motifs is 6. The first kappa shape index (κ1) is 27.3. The van der Waals surface area contributed by atoms with Crippen molar-refractivity contribution in [1.29, 1.82) is 0 Å². The fraction of sp³-hybridized carbons (Fsp3) is 0.0714. The van der Waals surface area contributed by atoms with Crippen LogP contribution < -0.4 is 9.47 Å². The molecule has 1 aromatic heterocycles. The number of ether oxygens (including phenoxy) is 2. The number of rotatable bonds is 4. The van der Waals surface area contributed by atoms with E-state index in [0.717, 1.165) is 44.9 Å². The molecule has 0 N–H and O–H groups in total. The maximum atomic E-state index is 6.89. The Morgan fingerprint density at radius 3 is 1.70 bits per heavy atom. The van der Waals surface area contributed by atoms with Crippen LogP contribution in [0.5, 0.6) is 23.0 Å². The van der Waals surface area contributed by atoms with Crippen LogP contribution in [0.15, 0.2) is 140 Å². The van der Waals surface area contributed by atoms with E-state index < -0.39 is 0 Å². The average Bonchev–Trinajstić information content (AvgIpc) is 3.37. The molecule has 0 atom stereocenters. The number of hydrogen-bond acceptors (Lipinski definition) is 5. The third-order valence-corrected chi connectivity index (χ3v) is 9.20. The van der Waals surface area contributed by atoms with Crippen LogP contribution in [-0.2, 0) is 5.41 Å². The Kier molecular flexibility index (Phi) is 6.09. The van der Waals surface area contributed by atoms with Crippen LogP contribution in [0.4, 0.5) is 0 Å². The van der Waals surface area contributed by atoms with Gasteiger partial charge < -0.3 is 9.47 Å². The monoisotopic (exact) mass is 607 g/mol. The van der Waals surface area contributed by atoms with Gasteiger partial charge in [0.05, 0.1) is 0 Å². The van der Waals surface area contributed by atoms with Gasteiger partial charge in [-0.2, -0.15) is 0 Å². The van der Waals surface area contributed by atoms with Crippen molar-refractivity contribution >= 4 is 0 Å². The first-order valence-corrected chi connectivity index (χ1v) is 15.8. The minimum atomic E-state index is -0.139. The highest BCUT2D eigenvalue weighted by Crippen LogP contribution is 2.59. The maximum Gasteiger partial charge on any atom is 0.178 e. The van der Waals surface area contributed by atoms with Crippen molar-refractivity contribution in [2.45, 2.75) is 19.3 Å². The molecule has 0 saturated carbocycles. The highest BCUT2D eigenvalue weighted by Gasteiger charge is 2.39. The summed E-state index contributed by atoms with van der Waals surface area (Å²) in [6.07, 6.45) is 0. The molecule has 1 aliphatic heterocycles. The molecule has 2 aliphatic rings. The van der Waals surface area contributed by atoms with Gasteiger partial charge in [0.25, 0.3) is 0 Å². The zero-order valence-corrected chi connectivity index (χ0v) is 25.9. The number of aromatic nitrogens is 3. The molecule has 0 spiro atoms. The van der Waals surface area contributed by atoms with Crippen LogP contribution >= 0.6 is 0 Å². The van der Waals surface area contributed by atoms with E-state index in [1.54, 1.807) is 0 Å². The van der Waals surface area contributed by atoms with Gasteiger partial charge in [0.15, 0.2) is 40.5 Å². The molecule has 0 saturated heterocycles. The topological polar surface area (TPSA) is 57.1 Å². The Morgan fingerprint density at radius 1 is 0.426 bits per heavy atom. The Hall–Kier alpha value is -6.07. The summed E-state index contributed by atoms with van der Waals surface area (Å²) >= 11 is 0. The van der Waals surface area contributed by atoms with Gasteiger partial charge in [-0.05, 0) is 40.5 Å². The van der Waals surface area contributed by atoms with Crippen molar-refractivity contribution in [1.82, 2.24) is 15.0 Å². The molecule has 7 aromatic rings. The molecule has 0 radical (unpaired) electrons. The predicted molar refractivity (Wildman–Crippen MR) is 186 cm³/mol. The Balaban J connectivity index is 1.16. The van der Waals surface area contributed by atoms with Crippen LogP contribution in [-0.4, -0.2) is 15.0 Å². The normalized spacial score (nSPS) is 13.4. The summed E-state index contributed by atoms with van der Waals surface area (Å²) in [6.45, 7) is 4.54. The van der Waals surface area contributed by atoms with Crippen molar-refractivity contribution in [3.8, 4) is 79.4 Å². The molecule has 1 aliphatic carbocycles. The summed E-state index contributed by atoms with van der Waals surface area (Å²) < 4.78 is 13.4. The largest absolute Gasteiger partial charge is 0.449 e. The Morgan fingerprint density at radius 2 is 0.979 bits per heavy atom. The quantitative estimate of drug-likeness (QED) is 0.199. The number of benzene rings is 6. The lowest BCUT2D eigenvalue weighted by molar-refractivity contribution is 0.361. The van der Waals surface area contributed by atoms with E-state index in [-0.39, 0.29) is 5.41 Å². The third kappa shape index (κ3) is 4.43. The smallest absolute Gasteiger partial charge is 0.178 e. The Bertz CT molecular complexity index is 2270. The molecule has 5 heteroatoms. The molecule has 0 unspecified atom stereocenters. The standard InChI is InChI=1S/C42H29N3O2/c1-42(2)32-21-10-9-19-31(32)36-33(42)23-24-35-38(36)47-37-30(20-12-22-34(37)46-35)28-17-11-18-29(25-28)41-44-39(26-13-5-3-6-14-26)43-40(45-41)27-15-7-4-8-16-27/h3-25H,1-2H3. The molecular weight excluding hydrogens is 578 g/mol. The lowest BCUT2D eigenvalue weighted by Gasteiger charge is -2.26. The van der Waals surface area contributed by atoms with Gasteiger partial charge >= 0.3 is 0 Å². The minimum absolute atomic E-state index is 0.139. The van der Waals surface area contributed by atoms with E-state index in [2.05, 4.69) is 62.4 Å². The molecule has 2 heterocycles. The van der Waals surface area contributed by atoms with Crippen LogP contribution in [0.1, 0.15) is 25.0 Å². The summed E-state index contributed by atoms with van der Waals surface area (Å²) in [5.41, 5.74) is 9.33.